The minimum absolute atomic E-state index is 0.00882. The Morgan fingerprint density at radius 2 is 1.81 bits per heavy atom. The topological polar surface area (TPSA) is 84.0 Å². The lowest BCUT2D eigenvalue weighted by atomic mass is 9.74. The lowest BCUT2D eigenvalue weighted by molar-refractivity contribution is -0.199. The Hall–Kier alpha value is -2.25. The summed E-state index contributed by atoms with van der Waals surface area (Å²) in [5, 5.41) is 0.971. The van der Waals surface area contributed by atoms with Crippen LogP contribution >= 0.6 is 11.6 Å². The number of hydrogen-bond acceptors (Lipinski definition) is 6. The number of rotatable bonds is 5. The van der Waals surface area contributed by atoms with Crippen LogP contribution in [0.2, 0.25) is 5.02 Å². The molecule has 7 nitrogen and oxygen atoms in total. The van der Waals surface area contributed by atoms with Crippen molar-refractivity contribution in [1.29, 1.82) is 0 Å². The summed E-state index contributed by atoms with van der Waals surface area (Å²) in [7, 11) is 1.65. The second-order valence-corrected chi connectivity index (χ2v) is 7.28. The third kappa shape index (κ3) is 3.61. The first-order valence-corrected chi connectivity index (χ1v) is 9.30. The molecular weight excluding hydrogens is 372 g/mol. The van der Waals surface area contributed by atoms with Crippen LogP contribution in [0.25, 0.3) is 0 Å². The average Bonchev–Trinajstić information content (AvgIpc) is 2.95. The largest absolute Gasteiger partial charge is 0.347 e. The van der Waals surface area contributed by atoms with Crippen molar-refractivity contribution in [3.05, 3.63) is 34.9 Å². The molecule has 2 amide bonds. The fourth-order valence-electron chi connectivity index (χ4n) is 3.82. The van der Waals surface area contributed by atoms with Gasteiger partial charge in [0.2, 0.25) is 0 Å². The van der Waals surface area contributed by atoms with E-state index in [0.717, 1.165) is 12.8 Å². The quantitative estimate of drug-likeness (QED) is 0.714. The molecule has 0 bridgehead atoms. The number of halogens is 1. The first kappa shape index (κ1) is 19.5. The van der Waals surface area contributed by atoms with Crippen LogP contribution in [0, 0.1) is 0 Å². The Morgan fingerprint density at radius 1 is 1.15 bits per heavy atom. The molecule has 0 aromatic heterocycles. The lowest BCUT2D eigenvalue weighted by Gasteiger charge is -2.43. The van der Waals surface area contributed by atoms with Gasteiger partial charge in [-0.2, -0.15) is 0 Å². The van der Waals surface area contributed by atoms with Crippen LogP contribution in [0.4, 0.5) is 0 Å². The maximum Gasteiger partial charge on any atom is 0.347 e. The van der Waals surface area contributed by atoms with Gasteiger partial charge in [-0.1, -0.05) is 36.2 Å². The molecule has 8 heteroatoms. The maximum atomic E-state index is 13.0. The Kier molecular flexibility index (Phi) is 5.62. The van der Waals surface area contributed by atoms with E-state index < -0.39 is 23.3 Å². The third-order valence-electron chi connectivity index (χ3n) is 5.19. The van der Waals surface area contributed by atoms with Gasteiger partial charge >= 0.3 is 5.97 Å². The Bertz CT molecular complexity index is 780. The van der Waals surface area contributed by atoms with Gasteiger partial charge in [0.1, 0.15) is 12.1 Å². The molecule has 0 N–H and O–H groups in total. The summed E-state index contributed by atoms with van der Waals surface area (Å²) < 4.78 is 0. The second kappa shape index (κ2) is 7.78. The molecule has 0 radical (unpaired) electrons. The number of benzene rings is 1. The predicted octanol–water partition coefficient (Wildman–Crippen LogP) is 2.22. The number of likely N-dealkylation sites (N-methyl/N-ethyl adjacent to an activating group) is 1. The SMILES string of the molecule is CN(CC(=O)ON1C(=O)CCC1=O)[C@@]1(c2ccccc2Cl)CCCCC1=O. The number of imide groups is 1. The molecule has 1 saturated carbocycles. The first-order chi connectivity index (χ1) is 12.9. The first-order valence-electron chi connectivity index (χ1n) is 8.92. The molecule has 3 rings (SSSR count). The number of nitrogens with zero attached hydrogens (tertiary/aromatic N) is 2. The molecule has 1 aromatic rings. The molecule has 2 fully saturated rings. The van der Waals surface area contributed by atoms with Crippen LogP contribution in [-0.2, 0) is 29.6 Å². The number of Topliss-reactive ketones (excluding diaryl/α,β-unsaturated/α-hetero) is 1. The molecule has 1 aliphatic heterocycles. The summed E-state index contributed by atoms with van der Waals surface area (Å²) in [6.45, 7) is -0.256. The van der Waals surface area contributed by atoms with E-state index in [9.17, 15) is 19.2 Å². The highest BCUT2D eigenvalue weighted by molar-refractivity contribution is 6.31. The molecule has 0 unspecified atom stereocenters. The molecule has 1 aliphatic carbocycles. The maximum absolute atomic E-state index is 13.0. The van der Waals surface area contributed by atoms with Crippen LogP contribution in [0.5, 0.6) is 0 Å². The Labute approximate surface area is 162 Å². The van der Waals surface area contributed by atoms with Gasteiger partial charge < -0.3 is 4.84 Å². The zero-order valence-electron chi connectivity index (χ0n) is 15.1. The number of hydrogen-bond donors (Lipinski definition) is 0. The normalized spacial score (nSPS) is 23.2. The highest BCUT2D eigenvalue weighted by Crippen LogP contribution is 2.42. The molecule has 144 valence electrons. The van der Waals surface area contributed by atoms with Crippen LogP contribution in [0.3, 0.4) is 0 Å². The van der Waals surface area contributed by atoms with E-state index in [1.165, 1.54) is 0 Å². The van der Waals surface area contributed by atoms with Crippen molar-refractivity contribution < 1.29 is 24.0 Å². The van der Waals surface area contributed by atoms with E-state index in [-0.39, 0.29) is 25.2 Å². The number of carbonyl (C=O) groups excluding carboxylic acids is 4. The van der Waals surface area contributed by atoms with E-state index in [1.54, 1.807) is 36.2 Å². The van der Waals surface area contributed by atoms with Gasteiger partial charge in [0.15, 0.2) is 5.78 Å². The van der Waals surface area contributed by atoms with Crippen molar-refractivity contribution in [3.63, 3.8) is 0 Å². The molecule has 1 atom stereocenters. The molecule has 1 heterocycles. The molecule has 0 spiro atoms. The average molecular weight is 393 g/mol. The van der Waals surface area contributed by atoms with Gasteiger partial charge in [-0.25, -0.2) is 4.79 Å². The summed E-state index contributed by atoms with van der Waals surface area (Å²) in [5.74, 6) is -1.85. The monoisotopic (exact) mass is 392 g/mol. The standard InChI is InChI=1S/C19H21ClN2O5/c1-21(12-18(26)27-22-16(24)9-10-17(22)25)19(11-5-4-8-15(19)23)13-6-2-3-7-14(13)20/h2-3,6-7H,4-5,8-12H2,1H3/t19-/m1/s1. The smallest absolute Gasteiger partial charge is 0.329 e. The van der Waals surface area contributed by atoms with E-state index in [1.807, 2.05) is 0 Å². The van der Waals surface area contributed by atoms with Crippen LogP contribution in [-0.4, -0.2) is 47.1 Å². The molecule has 1 aromatic carbocycles. The summed E-state index contributed by atoms with van der Waals surface area (Å²) >= 11 is 6.38. The third-order valence-corrected chi connectivity index (χ3v) is 5.52. The van der Waals surface area contributed by atoms with Crippen molar-refractivity contribution in [2.24, 2.45) is 0 Å². The molecule has 1 saturated heterocycles. The van der Waals surface area contributed by atoms with Gasteiger partial charge in [0.25, 0.3) is 11.8 Å². The fraction of sp³-hybridized carbons (Fsp3) is 0.474. The van der Waals surface area contributed by atoms with Crippen molar-refractivity contribution in [1.82, 2.24) is 9.96 Å². The van der Waals surface area contributed by atoms with Crippen molar-refractivity contribution in [2.75, 3.05) is 13.6 Å². The Balaban J connectivity index is 1.84. The van der Waals surface area contributed by atoms with Gasteiger partial charge in [-0.3, -0.25) is 19.3 Å². The van der Waals surface area contributed by atoms with Crippen LogP contribution in [0.1, 0.15) is 44.1 Å². The summed E-state index contributed by atoms with van der Waals surface area (Å²) in [5.41, 5.74) is -0.380. The fourth-order valence-corrected chi connectivity index (χ4v) is 4.11. The van der Waals surface area contributed by atoms with E-state index in [0.29, 0.717) is 28.5 Å². The molecular formula is C19H21ClN2O5. The second-order valence-electron chi connectivity index (χ2n) is 6.87. The van der Waals surface area contributed by atoms with E-state index >= 15 is 0 Å². The molecule has 27 heavy (non-hydrogen) atoms. The summed E-state index contributed by atoms with van der Waals surface area (Å²) in [6.07, 6.45) is 2.60. The number of amides is 2. The van der Waals surface area contributed by atoms with Gasteiger partial charge in [0.05, 0.1) is 0 Å². The zero-order chi connectivity index (χ0) is 19.6. The van der Waals surface area contributed by atoms with Crippen molar-refractivity contribution >= 4 is 35.2 Å². The van der Waals surface area contributed by atoms with Crippen molar-refractivity contribution in [3.8, 4) is 0 Å². The van der Waals surface area contributed by atoms with Gasteiger partial charge in [0, 0.05) is 24.3 Å². The highest BCUT2D eigenvalue weighted by atomic mass is 35.5. The van der Waals surface area contributed by atoms with E-state index in [4.69, 9.17) is 16.4 Å². The number of carbonyl (C=O) groups is 4. The highest BCUT2D eigenvalue weighted by Gasteiger charge is 2.47. The van der Waals surface area contributed by atoms with Crippen LogP contribution < -0.4 is 0 Å². The molecule has 2 aliphatic rings. The van der Waals surface area contributed by atoms with Crippen molar-refractivity contribution in [2.45, 2.75) is 44.1 Å². The Morgan fingerprint density at radius 3 is 2.44 bits per heavy atom. The summed E-state index contributed by atoms with van der Waals surface area (Å²) in [6, 6.07) is 7.10. The number of ketones is 1. The van der Waals surface area contributed by atoms with Crippen LogP contribution in [0.15, 0.2) is 24.3 Å². The minimum atomic E-state index is -1.03. The zero-order valence-corrected chi connectivity index (χ0v) is 15.8. The summed E-state index contributed by atoms with van der Waals surface area (Å²) in [4.78, 5) is 55.2. The predicted molar refractivity (Wildman–Crippen MR) is 96.4 cm³/mol. The lowest BCUT2D eigenvalue weighted by Crippen LogP contribution is -2.54. The van der Waals surface area contributed by atoms with Gasteiger partial charge in [-0.05, 0) is 31.5 Å². The number of hydroxylamine groups is 2. The van der Waals surface area contributed by atoms with E-state index in [2.05, 4.69) is 0 Å². The minimum Gasteiger partial charge on any atom is -0.329 e. The van der Waals surface area contributed by atoms with Gasteiger partial charge in [-0.15, -0.1) is 5.06 Å².